The van der Waals surface area contributed by atoms with E-state index in [-0.39, 0.29) is 40.9 Å². The lowest BCUT2D eigenvalue weighted by molar-refractivity contribution is -0.121. The first-order chi connectivity index (χ1) is 14.9. The predicted molar refractivity (Wildman–Crippen MR) is 114 cm³/mol. The van der Waals surface area contributed by atoms with Crippen molar-refractivity contribution in [2.24, 2.45) is 0 Å². The zero-order chi connectivity index (χ0) is 22.4. The number of amides is 2. The maximum absolute atomic E-state index is 13.9. The summed E-state index contributed by atoms with van der Waals surface area (Å²) in [4.78, 5) is 25.9. The fourth-order valence-corrected chi connectivity index (χ4v) is 3.98. The van der Waals surface area contributed by atoms with Crippen molar-refractivity contribution in [1.29, 1.82) is 0 Å². The summed E-state index contributed by atoms with van der Waals surface area (Å²) >= 11 is 6.00. The molecule has 1 N–H and O–H groups in total. The number of hydrogen-bond acceptors (Lipinski definition) is 5. The fraction of sp³-hybridized carbons (Fsp3) is 0.524. The van der Waals surface area contributed by atoms with Gasteiger partial charge < -0.3 is 15.0 Å². The normalized spacial score (nSPS) is 18.5. The van der Waals surface area contributed by atoms with E-state index in [0.717, 1.165) is 25.7 Å². The van der Waals surface area contributed by atoms with E-state index in [1.54, 1.807) is 21.8 Å². The second kappa shape index (κ2) is 10.6. The molecule has 2 amide bonds. The van der Waals surface area contributed by atoms with Crippen molar-refractivity contribution < 1.29 is 18.7 Å². The molecule has 0 unspecified atom stereocenters. The van der Waals surface area contributed by atoms with Crippen molar-refractivity contribution in [2.75, 3.05) is 13.1 Å². The molecule has 1 aliphatic rings. The quantitative estimate of drug-likeness (QED) is 0.692. The predicted octanol–water partition coefficient (Wildman–Crippen LogP) is 3.75. The van der Waals surface area contributed by atoms with E-state index in [0.29, 0.717) is 13.1 Å². The SMILES string of the molecule is CCN(CC)C(=O)Oc1cn(C2CCC(NC(=O)Cc3c(F)cccc3Cl)CC2)nn1. The topological polar surface area (TPSA) is 89.4 Å². The highest BCUT2D eigenvalue weighted by molar-refractivity contribution is 6.31. The lowest BCUT2D eigenvalue weighted by Crippen LogP contribution is -2.39. The van der Waals surface area contributed by atoms with Crippen LogP contribution in [0.1, 0.15) is 51.1 Å². The van der Waals surface area contributed by atoms with Crippen molar-refractivity contribution in [1.82, 2.24) is 25.2 Å². The highest BCUT2D eigenvalue weighted by atomic mass is 35.5. The van der Waals surface area contributed by atoms with Gasteiger partial charge in [0.2, 0.25) is 5.91 Å². The van der Waals surface area contributed by atoms with Gasteiger partial charge >= 0.3 is 6.09 Å². The number of hydrogen-bond donors (Lipinski definition) is 1. The zero-order valence-electron chi connectivity index (χ0n) is 17.7. The summed E-state index contributed by atoms with van der Waals surface area (Å²) in [7, 11) is 0. The van der Waals surface area contributed by atoms with Crippen molar-refractivity contribution in [3.05, 3.63) is 40.8 Å². The molecular formula is C21H27ClFN5O3. The Balaban J connectivity index is 1.48. The molecule has 1 aromatic heterocycles. The molecule has 2 aromatic rings. The standard InChI is InChI=1S/C21H27ClFN5O3/c1-3-27(4-2)21(30)31-20-13-28(26-25-20)15-10-8-14(9-11-15)24-19(29)12-16-17(22)6-5-7-18(16)23/h5-7,13-15H,3-4,8-12H2,1-2H3,(H,24,29). The molecule has 1 saturated carbocycles. The largest absolute Gasteiger partial charge is 0.416 e. The van der Waals surface area contributed by atoms with Crippen LogP contribution in [-0.4, -0.2) is 51.0 Å². The molecule has 1 heterocycles. The Hall–Kier alpha value is -2.68. The van der Waals surface area contributed by atoms with Gasteiger partial charge in [0.15, 0.2) is 0 Å². The van der Waals surface area contributed by atoms with E-state index in [9.17, 15) is 14.0 Å². The van der Waals surface area contributed by atoms with E-state index in [1.807, 2.05) is 13.8 Å². The molecule has 168 valence electrons. The Morgan fingerprint density at radius 1 is 1.26 bits per heavy atom. The van der Waals surface area contributed by atoms with Crippen LogP contribution < -0.4 is 10.1 Å². The fourth-order valence-electron chi connectivity index (χ4n) is 3.75. The molecule has 0 spiro atoms. The lowest BCUT2D eigenvalue weighted by Gasteiger charge is -2.29. The van der Waals surface area contributed by atoms with Crippen LogP contribution in [0.4, 0.5) is 9.18 Å². The molecule has 10 heteroatoms. The Morgan fingerprint density at radius 2 is 1.97 bits per heavy atom. The van der Waals surface area contributed by atoms with Crippen molar-refractivity contribution in [3.63, 3.8) is 0 Å². The van der Waals surface area contributed by atoms with E-state index in [4.69, 9.17) is 16.3 Å². The average Bonchev–Trinajstić information content (AvgIpc) is 3.20. The molecule has 0 radical (unpaired) electrons. The van der Waals surface area contributed by atoms with Crippen LogP contribution in [0.15, 0.2) is 24.4 Å². The van der Waals surface area contributed by atoms with Crippen LogP contribution in [-0.2, 0) is 11.2 Å². The van der Waals surface area contributed by atoms with Crippen LogP contribution in [0.5, 0.6) is 5.88 Å². The number of nitrogens with zero attached hydrogens (tertiary/aromatic N) is 4. The van der Waals surface area contributed by atoms with Crippen LogP contribution >= 0.6 is 11.6 Å². The summed E-state index contributed by atoms with van der Waals surface area (Å²) in [5.74, 6) is -0.550. The Kier molecular flexibility index (Phi) is 7.84. The molecule has 1 fully saturated rings. The Bertz CT molecular complexity index is 890. The summed E-state index contributed by atoms with van der Waals surface area (Å²) in [6.07, 6.45) is 4.20. The molecule has 3 rings (SSSR count). The summed E-state index contributed by atoms with van der Waals surface area (Å²) < 4.78 is 20.9. The van der Waals surface area contributed by atoms with Crippen LogP contribution in [0.25, 0.3) is 0 Å². The molecular weight excluding hydrogens is 425 g/mol. The average molecular weight is 452 g/mol. The van der Waals surface area contributed by atoms with Gasteiger partial charge in [0.05, 0.1) is 18.7 Å². The highest BCUT2D eigenvalue weighted by Crippen LogP contribution is 2.29. The van der Waals surface area contributed by atoms with Gasteiger partial charge in [-0.15, -0.1) is 0 Å². The van der Waals surface area contributed by atoms with Crippen molar-refractivity contribution in [3.8, 4) is 5.88 Å². The number of halogens is 2. The van der Waals surface area contributed by atoms with Gasteiger partial charge in [-0.25, -0.2) is 13.9 Å². The monoisotopic (exact) mass is 451 g/mol. The number of ether oxygens (including phenoxy) is 1. The third-order valence-electron chi connectivity index (χ3n) is 5.54. The first-order valence-electron chi connectivity index (χ1n) is 10.5. The second-order valence-corrected chi connectivity index (χ2v) is 7.93. The van der Waals surface area contributed by atoms with Crippen LogP contribution in [0.2, 0.25) is 5.02 Å². The number of carbonyl (C=O) groups is 2. The van der Waals surface area contributed by atoms with Crippen molar-refractivity contribution in [2.45, 2.75) is 58.0 Å². The number of benzene rings is 1. The molecule has 0 aliphatic heterocycles. The number of aromatic nitrogens is 3. The first-order valence-corrected chi connectivity index (χ1v) is 10.9. The minimum absolute atomic E-state index is 0.0118. The molecule has 1 aromatic carbocycles. The number of rotatable bonds is 7. The Labute approximate surface area is 185 Å². The van der Waals surface area contributed by atoms with Gasteiger partial charge in [0, 0.05) is 29.7 Å². The maximum atomic E-state index is 13.9. The van der Waals surface area contributed by atoms with E-state index in [2.05, 4.69) is 15.6 Å². The molecule has 0 saturated heterocycles. The van der Waals surface area contributed by atoms with E-state index < -0.39 is 11.9 Å². The minimum Gasteiger partial charge on any atom is -0.388 e. The smallest absolute Gasteiger partial charge is 0.388 e. The van der Waals surface area contributed by atoms with E-state index >= 15 is 0 Å². The van der Waals surface area contributed by atoms with Gasteiger partial charge in [0.25, 0.3) is 5.88 Å². The third kappa shape index (κ3) is 5.94. The molecule has 0 atom stereocenters. The van der Waals surface area contributed by atoms with Gasteiger partial charge in [-0.2, -0.15) is 0 Å². The minimum atomic E-state index is -0.477. The molecule has 31 heavy (non-hydrogen) atoms. The van der Waals surface area contributed by atoms with Gasteiger partial charge in [-0.05, 0) is 51.7 Å². The van der Waals surface area contributed by atoms with Gasteiger partial charge in [-0.3, -0.25) is 4.79 Å². The number of nitrogens with one attached hydrogen (secondary N) is 1. The molecule has 0 bridgehead atoms. The highest BCUT2D eigenvalue weighted by Gasteiger charge is 2.25. The summed E-state index contributed by atoms with van der Waals surface area (Å²) in [6, 6.07) is 4.51. The Morgan fingerprint density at radius 3 is 2.61 bits per heavy atom. The van der Waals surface area contributed by atoms with Gasteiger partial charge in [0.1, 0.15) is 5.82 Å². The first kappa shape index (κ1) is 23.0. The van der Waals surface area contributed by atoms with Crippen LogP contribution in [0, 0.1) is 5.82 Å². The lowest BCUT2D eigenvalue weighted by atomic mass is 9.91. The summed E-state index contributed by atoms with van der Waals surface area (Å²) in [5, 5.41) is 11.2. The summed E-state index contributed by atoms with van der Waals surface area (Å²) in [5.41, 5.74) is 0.213. The van der Waals surface area contributed by atoms with Crippen LogP contribution in [0.3, 0.4) is 0 Å². The maximum Gasteiger partial charge on any atom is 0.416 e. The molecule has 8 nitrogen and oxygen atoms in total. The third-order valence-corrected chi connectivity index (χ3v) is 5.89. The zero-order valence-corrected chi connectivity index (χ0v) is 18.4. The second-order valence-electron chi connectivity index (χ2n) is 7.53. The molecule has 1 aliphatic carbocycles. The van der Waals surface area contributed by atoms with E-state index in [1.165, 1.54) is 12.1 Å². The van der Waals surface area contributed by atoms with Gasteiger partial charge in [-0.1, -0.05) is 28.0 Å². The summed E-state index contributed by atoms with van der Waals surface area (Å²) in [6.45, 7) is 4.87. The number of carbonyl (C=O) groups excluding carboxylic acids is 2. The van der Waals surface area contributed by atoms with Crippen molar-refractivity contribution >= 4 is 23.6 Å².